The average molecular weight is 337 g/mol. The van der Waals surface area contributed by atoms with Gasteiger partial charge in [0, 0.05) is 26.1 Å². The number of aromatic nitrogens is 2. The Kier molecular flexibility index (Phi) is 4.84. The van der Waals surface area contributed by atoms with Crippen LogP contribution in [-0.2, 0) is 12.8 Å². The molecule has 0 spiro atoms. The highest BCUT2D eigenvalue weighted by Crippen LogP contribution is 2.27. The Morgan fingerprint density at radius 1 is 1.39 bits per heavy atom. The molecule has 124 valence electrons. The van der Waals surface area contributed by atoms with Gasteiger partial charge in [0.05, 0.1) is 19.1 Å². The third kappa shape index (κ3) is 3.34. The minimum Gasteiger partial charge on any atom is -0.493 e. The third-order valence-corrected chi connectivity index (χ3v) is 4.40. The van der Waals surface area contributed by atoms with Crippen molar-refractivity contribution < 1.29 is 9.26 Å². The summed E-state index contributed by atoms with van der Waals surface area (Å²) in [5.41, 5.74) is 2.46. The number of fused-ring (bicyclic) bond motifs is 1. The summed E-state index contributed by atoms with van der Waals surface area (Å²) in [5.74, 6) is 2.45. The summed E-state index contributed by atoms with van der Waals surface area (Å²) in [7, 11) is 2.10. The number of rotatable bonds is 3. The lowest BCUT2D eigenvalue weighted by atomic mass is 10.1. The van der Waals surface area contributed by atoms with Gasteiger partial charge in [-0.05, 0) is 24.2 Å². The van der Waals surface area contributed by atoms with Gasteiger partial charge in [0.2, 0.25) is 5.89 Å². The van der Waals surface area contributed by atoms with Gasteiger partial charge in [-0.15, -0.1) is 12.4 Å². The zero-order chi connectivity index (χ0) is 14.9. The lowest BCUT2D eigenvalue weighted by Crippen LogP contribution is -2.44. The SMILES string of the molecule is CN1CCNCC1c1noc(Cc2ccc3c(c2)CCO3)n1.Cl. The second kappa shape index (κ2) is 6.86. The zero-order valence-electron chi connectivity index (χ0n) is 13.1. The highest BCUT2D eigenvalue weighted by atomic mass is 35.5. The standard InChI is InChI=1S/C16H20N4O2.ClH/c1-20-6-5-17-10-13(20)16-18-15(22-19-16)9-11-2-3-14-12(8-11)4-7-21-14;/h2-3,8,13,17H,4-7,9-10H2,1H3;1H. The summed E-state index contributed by atoms with van der Waals surface area (Å²) >= 11 is 0. The number of nitrogens with zero attached hydrogens (tertiary/aromatic N) is 3. The molecule has 0 bridgehead atoms. The Bertz CT molecular complexity index is 676. The number of ether oxygens (including phenoxy) is 1. The molecule has 1 fully saturated rings. The molecule has 0 saturated carbocycles. The van der Waals surface area contributed by atoms with Crippen LogP contribution in [0.25, 0.3) is 0 Å². The predicted octanol–water partition coefficient (Wildman–Crippen LogP) is 1.59. The molecule has 1 aromatic heterocycles. The predicted molar refractivity (Wildman–Crippen MR) is 88.2 cm³/mol. The summed E-state index contributed by atoms with van der Waals surface area (Å²) in [6, 6.07) is 6.48. The number of likely N-dealkylation sites (N-methyl/N-ethyl adjacent to an activating group) is 1. The fraction of sp³-hybridized carbons (Fsp3) is 0.500. The molecule has 1 unspecified atom stereocenters. The van der Waals surface area contributed by atoms with Gasteiger partial charge in [0.25, 0.3) is 0 Å². The van der Waals surface area contributed by atoms with E-state index in [2.05, 4.69) is 39.5 Å². The first-order valence-corrected chi connectivity index (χ1v) is 7.77. The van der Waals surface area contributed by atoms with Gasteiger partial charge in [0.1, 0.15) is 5.75 Å². The minimum absolute atomic E-state index is 0. The Morgan fingerprint density at radius 3 is 3.17 bits per heavy atom. The monoisotopic (exact) mass is 336 g/mol. The maximum Gasteiger partial charge on any atom is 0.231 e. The molecule has 1 N–H and O–H groups in total. The van der Waals surface area contributed by atoms with Gasteiger partial charge >= 0.3 is 0 Å². The van der Waals surface area contributed by atoms with Gasteiger partial charge in [-0.1, -0.05) is 17.3 Å². The van der Waals surface area contributed by atoms with Gasteiger partial charge < -0.3 is 14.6 Å². The van der Waals surface area contributed by atoms with Crippen LogP contribution in [0.3, 0.4) is 0 Å². The number of nitrogens with one attached hydrogen (secondary N) is 1. The highest BCUT2D eigenvalue weighted by Gasteiger charge is 2.25. The van der Waals surface area contributed by atoms with Crippen LogP contribution in [0.4, 0.5) is 0 Å². The molecule has 0 radical (unpaired) electrons. The van der Waals surface area contributed by atoms with Gasteiger partial charge in [-0.2, -0.15) is 4.98 Å². The van der Waals surface area contributed by atoms with Gasteiger partial charge in [-0.3, -0.25) is 4.90 Å². The quantitative estimate of drug-likeness (QED) is 0.918. The Labute approximate surface area is 141 Å². The second-order valence-electron chi connectivity index (χ2n) is 5.96. The molecular formula is C16H21ClN4O2. The first-order chi connectivity index (χ1) is 10.8. The van der Waals surface area contributed by atoms with Crippen molar-refractivity contribution in [3.63, 3.8) is 0 Å². The Hall–Kier alpha value is -1.63. The van der Waals surface area contributed by atoms with Crippen molar-refractivity contribution in [2.24, 2.45) is 0 Å². The molecule has 2 aliphatic rings. The fourth-order valence-corrected chi connectivity index (χ4v) is 3.09. The highest BCUT2D eigenvalue weighted by molar-refractivity contribution is 5.85. The van der Waals surface area contributed by atoms with E-state index in [4.69, 9.17) is 9.26 Å². The van der Waals surface area contributed by atoms with Crippen molar-refractivity contribution in [1.82, 2.24) is 20.4 Å². The third-order valence-electron chi connectivity index (χ3n) is 4.40. The van der Waals surface area contributed by atoms with E-state index in [1.807, 2.05) is 6.07 Å². The van der Waals surface area contributed by atoms with E-state index in [9.17, 15) is 0 Å². The molecule has 3 heterocycles. The van der Waals surface area contributed by atoms with Crippen molar-refractivity contribution in [2.45, 2.75) is 18.9 Å². The molecule has 1 atom stereocenters. The summed E-state index contributed by atoms with van der Waals surface area (Å²) in [6.45, 7) is 3.66. The minimum atomic E-state index is 0. The van der Waals surface area contributed by atoms with Gasteiger partial charge in [-0.25, -0.2) is 0 Å². The van der Waals surface area contributed by atoms with Crippen LogP contribution in [0, 0.1) is 0 Å². The lowest BCUT2D eigenvalue weighted by Gasteiger charge is -2.30. The van der Waals surface area contributed by atoms with Crippen molar-refractivity contribution in [1.29, 1.82) is 0 Å². The summed E-state index contributed by atoms with van der Waals surface area (Å²) < 4.78 is 11.0. The second-order valence-corrected chi connectivity index (χ2v) is 5.96. The molecule has 1 saturated heterocycles. The molecular weight excluding hydrogens is 316 g/mol. The number of hydrogen-bond donors (Lipinski definition) is 1. The smallest absolute Gasteiger partial charge is 0.231 e. The van der Waals surface area contributed by atoms with Crippen molar-refractivity contribution in [2.75, 3.05) is 33.3 Å². The number of hydrogen-bond acceptors (Lipinski definition) is 6. The molecule has 1 aromatic carbocycles. The summed E-state index contributed by atoms with van der Waals surface area (Å²) in [4.78, 5) is 6.84. The van der Waals surface area contributed by atoms with Crippen LogP contribution in [-0.4, -0.2) is 48.3 Å². The van der Waals surface area contributed by atoms with Crippen molar-refractivity contribution in [3.05, 3.63) is 41.0 Å². The van der Waals surface area contributed by atoms with E-state index in [0.29, 0.717) is 12.3 Å². The van der Waals surface area contributed by atoms with Crippen LogP contribution in [0.5, 0.6) is 5.75 Å². The molecule has 4 rings (SSSR count). The lowest BCUT2D eigenvalue weighted by molar-refractivity contribution is 0.190. The zero-order valence-corrected chi connectivity index (χ0v) is 13.9. The first-order valence-electron chi connectivity index (χ1n) is 7.77. The summed E-state index contributed by atoms with van der Waals surface area (Å²) in [5, 5.41) is 7.54. The van der Waals surface area contributed by atoms with Crippen LogP contribution >= 0.6 is 12.4 Å². The van der Waals surface area contributed by atoms with E-state index in [0.717, 1.165) is 44.2 Å². The topological polar surface area (TPSA) is 63.4 Å². The maximum absolute atomic E-state index is 5.54. The largest absolute Gasteiger partial charge is 0.493 e. The van der Waals surface area contributed by atoms with E-state index < -0.39 is 0 Å². The average Bonchev–Trinajstić information content (AvgIpc) is 3.16. The fourth-order valence-electron chi connectivity index (χ4n) is 3.09. The van der Waals surface area contributed by atoms with E-state index in [1.54, 1.807) is 0 Å². The normalized spacial score (nSPS) is 20.7. The number of benzene rings is 1. The van der Waals surface area contributed by atoms with Crippen LogP contribution in [0.1, 0.15) is 28.9 Å². The van der Waals surface area contributed by atoms with Crippen molar-refractivity contribution >= 4 is 12.4 Å². The molecule has 23 heavy (non-hydrogen) atoms. The summed E-state index contributed by atoms with van der Waals surface area (Å²) in [6.07, 6.45) is 1.65. The molecule has 2 aliphatic heterocycles. The van der Waals surface area contributed by atoms with Crippen LogP contribution in [0.15, 0.2) is 22.7 Å². The molecule has 0 aliphatic carbocycles. The van der Waals surface area contributed by atoms with Crippen molar-refractivity contribution in [3.8, 4) is 5.75 Å². The van der Waals surface area contributed by atoms with E-state index >= 15 is 0 Å². The number of piperazine rings is 1. The maximum atomic E-state index is 5.54. The van der Waals surface area contributed by atoms with Gasteiger partial charge in [0.15, 0.2) is 5.82 Å². The van der Waals surface area contributed by atoms with Crippen LogP contribution < -0.4 is 10.1 Å². The first kappa shape index (κ1) is 16.2. The molecule has 2 aromatic rings. The Morgan fingerprint density at radius 2 is 2.30 bits per heavy atom. The Balaban J connectivity index is 0.00000156. The van der Waals surface area contributed by atoms with Crippen LogP contribution in [0.2, 0.25) is 0 Å². The van der Waals surface area contributed by atoms with E-state index in [1.165, 1.54) is 11.1 Å². The molecule has 6 nitrogen and oxygen atoms in total. The molecule has 7 heteroatoms. The van der Waals surface area contributed by atoms with E-state index in [-0.39, 0.29) is 18.4 Å². The molecule has 0 amide bonds. The number of halogens is 1.